The number of carbonyl (C=O) groups excluding carboxylic acids is 1. The zero-order valence-corrected chi connectivity index (χ0v) is 10.3. The van der Waals surface area contributed by atoms with E-state index in [1.165, 1.54) is 11.3 Å². The van der Waals surface area contributed by atoms with Gasteiger partial charge in [-0.15, -0.1) is 11.3 Å². The van der Waals surface area contributed by atoms with Crippen molar-refractivity contribution in [3.63, 3.8) is 0 Å². The summed E-state index contributed by atoms with van der Waals surface area (Å²) in [6.45, 7) is 3.71. The molecule has 0 aliphatic rings. The van der Waals surface area contributed by atoms with Crippen LogP contribution in [0, 0.1) is 0 Å². The Labute approximate surface area is 107 Å². The highest BCUT2D eigenvalue weighted by Gasteiger charge is 2.12. The zero-order chi connectivity index (χ0) is 12.3. The quantitative estimate of drug-likeness (QED) is 0.928. The highest BCUT2D eigenvalue weighted by atomic mass is 35.5. The monoisotopic (exact) mass is 268 g/mol. The minimum Gasteiger partial charge on any atom is -0.462 e. The molecule has 0 saturated carbocycles. The molecule has 2 aromatic heterocycles. The van der Waals surface area contributed by atoms with E-state index in [1.807, 2.05) is 0 Å². The number of hydrogen-bond acceptors (Lipinski definition) is 4. The van der Waals surface area contributed by atoms with Crippen molar-refractivity contribution >= 4 is 28.8 Å². The van der Waals surface area contributed by atoms with E-state index in [-0.39, 0.29) is 12.5 Å². The number of aromatic nitrogens is 1. The third kappa shape index (κ3) is 2.95. The molecule has 0 spiro atoms. The fourth-order valence-electron chi connectivity index (χ4n) is 1.16. The molecule has 6 heteroatoms. The molecule has 17 heavy (non-hydrogen) atoms. The van der Waals surface area contributed by atoms with Crippen LogP contribution in [0.2, 0.25) is 0 Å². The van der Waals surface area contributed by atoms with Crippen LogP contribution in [0.3, 0.4) is 0 Å². The van der Waals surface area contributed by atoms with E-state index in [1.54, 1.807) is 23.8 Å². The van der Waals surface area contributed by atoms with Gasteiger partial charge in [0.15, 0.2) is 10.8 Å². The van der Waals surface area contributed by atoms with Crippen LogP contribution in [0.5, 0.6) is 0 Å². The van der Waals surface area contributed by atoms with E-state index in [4.69, 9.17) is 16.0 Å². The van der Waals surface area contributed by atoms with Crippen LogP contribution in [-0.4, -0.2) is 17.4 Å². The lowest BCUT2D eigenvalue weighted by molar-refractivity contribution is 0.0953. The van der Waals surface area contributed by atoms with Gasteiger partial charge in [0.05, 0.1) is 12.8 Å². The molecule has 0 unspecified atom stereocenters. The van der Waals surface area contributed by atoms with Gasteiger partial charge < -0.3 is 9.73 Å². The lowest BCUT2D eigenvalue weighted by Gasteiger charge is -1.99. The fraction of sp³-hybridized carbons (Fsp3) is 0.0909. The van der Waals surface area contributed by atoms with E-state index in [0.717, 1.165) is 0 Å². The lowest BCUT2D eigenvalue weighted by Crippen LogP contribution is -2.24. The first-order chi connectivity index (χ1) is 8.16. The molecule has 0 aliphatic heterocycles. The van der Waals surface area contributed by atoms with Crippen LogP contribution in [0.25, 0.3) is 10.8 Å². The largest absolute Gasteiger partial charge is 0.462 e. The number of hydrogen-bond donors (Lipinski definition) is 1. The summed E-state index contributed by atoms with van der Waals surface area (Å²) >= 11 is 6.90. The average molecular weight is 269 g/mol. The van der Waals surface area contributed by atoms with Crippen molar-refractivity contribution in [3.05, 3.63) is 41.1 Å². The first kappa shape index (κ1) is 11.9. The van der Waals surface area contributed by atoms with Gasteiger partial charge in [-0.1, -0.05) is 18.2 Å². The maximum atomic E-state index is 11.6. The van der Waals surface area contributed by atoms with Gasteiger partial charge in [-0.05, 0) is 12.1 Å². The molecular formula is C11H9ClN2O2S. The zero-order valence-electron chi connectivity index (χ0n) is 8.77. The summed E-state index contributed by atoms with van der Waals surface area (Å²) in [5.41, 5.74) is 0.347. The lowest BCUT2D eigenvalue weighted by atomic mass is 10.4. The number of carbonyl (C=O) groups is 1. The summed E-state index contributed by atoms with van der Waals surface area (Å²) in [5, 5.41) is 5.32. The van der Waals surface area contributed by atoms with E-state index in [9.17, 15) is 4.79 Å². The number of halogens is 1. The predicted molar refractivity (Wildman–Crippen MR) is 67.1 cm³/mol. The van der Waals surface area contributed by atoms with E-state index >= 15 is 0 Å². The van der Waals surface area contributed by atoms with Gasteiger partial charge >= 0.3 is 0 Å². The topological polar surface area (TPSA) is 55.1 Å². The molecule has 0 atom stereocenters. The number of thiazole rings is 1. The number of nitrogens with zero attached hydrogens (tertiary/aromatic N) is 1. The van der Waals surface area contributed by atoms with Crippen molar-refractivity contribution in [1.29, 1.82) is 0 Å². The number of furan rings is 1. The summed E-state index contributed by atoms with van der Waals surface area (Å²) in [6, 6.07) is 3.56. The molecule has 0 aromatic carbocycles. The van der Waals surface area contributed by atoms with Crippen LogP contribution in [0.15, 0.2) is 39.8 Å². The summed E-state index contributed by atoms with van der Waals surface area (Å²) in [6.07, 6.45) is 1.56. The van der Waals surface area contributed by atoms with Gasteiger partial charge in [-0.2, -0.15) is 0 Å². The van der Waals surface area contributed by atoms with Crippen LogP contribution >= 0.6 is 22.9 Å². The van der Waals surface area contributed by atoms with E-state index < -0.39 is 0 Å². The Bertz CT molecular complexity index is 533. The smallest absolute Gasteiger partial charge is 0.271 e. The standard InChI is InChI=1S/C11H9ClN2O2S/c1-7(12)5-13-10(15)8-6-17-11(14-8)9-3-2-4-16-9/h2-4,6H,1,5H2,(H,13,15). The Morgan fingerprint density at radius 3 is 3.12 bits per heavy atom. The molecule has 1 N–H and O–H groups in total. The Morgan fingerprint density at radius 2 is 2.47 bits per heavy atom. The number of rotatable bonds is 4. The summed E-state index contributed by atoms with van der Waals surface area (Å²) in [4.78, 5) is 15.8. The summed E-state index contributed by atoms with van der Waals surface area (Å²) in [5.74, 6) is 0.372. The van der Waals surface area contributed by atoms with Gasteiger partial charge in [0.25, 0.3) is 5.91 Å². The van der Waals surface area contributed by atoms with Crippen LogP contribution in [0.4, 0.5) is 0 Å². The maximum Gasteiger partial charge on any atom is 0.271 e. The van der Waals surface area contributed by atoms with Crippen molar-refractivity contribution in [2.75, 3.05) is 6.54 Å². The summed E-state index contributed by atoms with van der Waals surface area (Å²) in [7, 11) is 0. The second-order valence-corrected chi connectivity index (χ2v) is 4.61. The predicted octanol–water partition coefficient (Wildman–Crippen LogP) is 2.89. The molecule has 2 aromatic rings. The van der Waals surface area contributed by atoms with E-state index in [2.05, 4.69) is 16.9 Å². The molecule has 88 valence electrons. The van der Waals surface area contributed by atoms with Crippen molar-refractivity contribution < 1.29 is 9.21 Å². The van der Waals surface area contributed by atoms with Gasteiger partial charge in [-0.3, -0.25) is 4.79 Å². The fourth-order valence-corrected chi connectivity index (χ4v) is 1.99. The van der Waals surface area contributed by atoms with Gasteiger partial charge in [0.1, 0.15) is 5.69 Å². The normalized spacial score (nSPS) is 10.2. The first-order valence-electron chi connectivity index (χ1n) is 4.77. The molecule has 0 fully saturated rings. The third-order valence-electron chi connectivity index (χ3n) is 1.91. The molecule has 0 aliphatic carbocycles. The number of amides is 1. The average Bonchev–Trinajstić information content (AvgIpc) is 2.94. The van der Waals surface area contributed by atoms with E-state index in [0.29, 0.717) is 21.5 Å². The second-order valence-electron chi connectivity index (χ2n) is 3.22. The molecule has 1 amide bonds. The SMILES string of the molecule is C=C(Cl)CNC(=O)c1csc(-c2ccco2)n1. The maximum absolute atomic E-state index is 11.6. The van der Waals surface area contributed by atoms with Gasteiger partial charge in [0.2, 0.25) is 0 Å². The Hall–Kier alpha value is -1.59. The van der Waals surface area contributed by atoms with Crippen LogP contribution < -0.4 is 5.32 Å². The van der Waals surface area contributed by atoms with Gasteiger partial charge in [0, 0.05) is 10.4 Å². The van der Waals surface area contributed by atoms with Crippen LogP contribution in [-0.2, 0) is 0 Å². The molecular weight excluding hydrogens is 260 g/mol. The van der Waals surface area contributed by atoms with Crippen molar-refractivity contribution in [2.45, 2.75) is 0 Å². The molecule has 4 nitrogen and oxygen atoms in total. The Kier molecular flexibility index (Phi) is 3.61. The molecule has 2 rings (SSSR count). The highest BCUT2D eigenvalue weighted by Crippen LogP contribution is 2.23. The minimum atomic E-state index is -0.277. The molecule has 0 saturated heterocycles. The van der Waals surface area contributed by atoms with Gasteiger partial charge in [-0.25, -0.2) is 4.98 Å². The Morgan fingerprint density at radius 1 is 1.65 bits per heavy atom. The highest BCUT2D eigenvalue weighted by molar-refractivity contribution is 7.13. The van der Waals surface area contributed by atoms with Crippen molar-refractivity contribution in [3.8, 4) is 10.8 Å². The second kappa shape index (κ2) is 5.16. The minimum absolute atomic E-state index is 0.230. The molecule has 2 heterocycles. The number of nitrogens with one attached hydrogen (secondary N) is 1. The first-order valence-corrected chi connectivity index (χ1v) is 6.03. The summed E-state index contributed by atoms with van der Waals surface area (Å²) < 4.78 is 5.19. The van der Waals surface area contributed by atoms with Crippen LogP contribution in [0.1, 0.15) is 10.5 Å². The van der Waals surface area contributed by atoms with Crippen molar-refractivity contribution in [1.82, 2.24) is 10.3 Å². The Balaban J connectivity index is 2.08. The molecule has 0 radical (unpaired) electrons. The van der Waals surface area contributed by atoms with Crippen molar-refractivity contribution in [2.24, 2.45) is 0 Å². The third-order valence-corrected chi connectivity index (χ3v) is 2.90. The molecule has 0 bridgehead atoms.